The van der Waals surface area contributed by atoms with Crippen molar-refractivity contribution in [1.29, 1.82) is 0 Å². The molecule has 0 N–H and O–H groups in total. The van der Waals surface area contributed by atoms with Crippen LogP contribution in [0.25, 0.3) is 0 Å². The molecule has 202 valence electrons. The molecule has 6 rings (SSSR count). The summed E-state index contributed by atoms with van der Waals surface area (Å²) in [5.74, 6) is 0.703. The predicted molar refractivity (Wildman–Crippen MR) is 161 cm³/mol. The minimum Gasteiger partial charge on any atom is -0.336 e. The maximum atomic E-state index is 13.4. The normalized spacial score (nSPS) is 17.9. The highest BCUT2D eigenvalue weighted by Gasteiger charge is 2.33. The molecular formula is C34H33N3O2S. The van der Waals surface area contributed by atoms with E-state index in [-0.39, 0.29) is 23.2 Å². The van der Waals surface area contributed by atoms with E-state index in [0.29, 0.717) is 31.0 Å². The molecule has 5 nitrogen and oxygen atoms in total. The van der Waals surface area contributed by atoms with Crippen LogP contribution < -0.4 is 0 Å². The molecular weight excluding hydrogens is 514 g/mol. The standard InChI is InChI=1S/C34H33N3O2S/c38-31-25-40-34(37(31)24-26-10-4-1-5-11-26)30-18-16-29(17-19-30)33(39)36-22-20-35(21-23-36)32(27-12-6-2-7-13-27)28-14-8-3-9-15-28/h1-19,32,34H,20-25H2/t34-/m1/s1. The average molecular weight is 548 g/mol. The van der Waals surface area contributed by atoms with Crippen LogP contribution in [0.15, 0.2) is 115 Å². The third-order valence-corrected chi connectivity index (χ3v) is 9.06. The minimum atomic E-state index is -0.0340. The lowest BCUT2D eigenvalue weighted by Crippen LogP contribution is -2.49. The van der Waals surface area contributed by atoms with Gasteiger partial charge >= 0.3 is 0 Å². The van der Waals surface area contributed by atoms with Gasteiger partial charge in [-0.15, -0.1) is 11.8 Å². The second-order valence-electron chi connectivity index (χ2n) is 10.3. The SMILES string of the molecule is O=C(c1ccc([C@H]2SCC(=O)N2Cc2ccccc2)cc1)N1CCN(C(c2ccccc2)c2ccccc2)CC1. The van der Waals surface area contributed by atoms with Crippen LogP contribution in [-0.2, 0) is 11.3 Å². The molecule has 4 aromatic rings. The Hall–Kier alpha value is -3.87. The summed E-state index contributed by atoms with van der Waals surface area (Å²) in [6, 6.07) is 39.4. The molecule has 2 saturated heterocycles. The lowest BCUT2D eigenvalue weighted by molar-refractivity contribution is -0.128. The number of benzene rings is 4. The van der Waals surface area contributed by atoms with E-state index in [1.807, 2.05) is 52.3 Å². The highest BCUT2D eigenvalue weighted by atomic mass is 32.2. The molecule has 0 unspecified atom stereocenters. The molecule has 1 atom stereocenters. The fraction of sp³-hybridized carbons (Fsp3) is 0.235. The van der Waals surface area contributed by atoms with Crippen molar-refractivity contribution in [3.63, 3.8) is 0 Å². The molecule has 0 bridgehead atoms. The van der Waals surface area contributed by atoms with Crippen molar-refractivity contribution in [2.24, 2.45) is 0 Å². The van der Waals surface area contributed by atoms with Crippen LogP contribution in [-0.4, -0.2) is 58.4 Å². The number of carbonyl (C=O) groups excluding carboxylic acids is 2. The van der Waals surface area contributed by atoms with E-state index in [1.165, 1.54) is 11.1 Å². The van der Waals surface area contributed by atoms with Gasteiger partial charge in [-0.2, -0.15) is 0 Å². The Morgan fingerprint density at radius 3 is 1.85 bits per heavy atom. The molecule has 0 aliphatic carbocycles. The molecule has 6 heteroatoms. The van der Waals surface area contributed by atoms with Crippen LogP contribution in [0.1, 0.15) is 44.0 Å². The van der Waals surface area contributed by atoms with Crippen molar-refractivity contribution in [1.82, 2.24) is 14.7 Å². The lowest BCUT2D eigenvalue weighted by Gasteiger charge is -2.39. The van der Waals surface area contributed by atoms with Gasteiger partial charge in [0.1, 0.15) is 5.37 Å². The van der Waals surface area contributed by atoms with Crippen LogP contribution in [0.2, 0.25) is 0 Å². The van der Waals surface area contributed by atoms with Gasteiger partial charge in [-0.05, 0) is 34.4 Å². The van der Waals surface area contributed by atoms with Gasteiger partial charge in [0.25, 0.3) is 5.91 Å². The first-order chi connectivity index (χ1) is 19.7. The molecule has 2 heterocycles. The summed E-state index contributed by atoms with van der Waals surface area (Å²) in [7, 11) is 0. The molecule has 2 fully saturated rings. The molecule has 4 aromatic carbocycles. The van der Waals surface area contributed by atoms with Crippen molar-refractivity contribution in [3.05, 3.63) is 143 Å². The minimum absolute atomic E-state index is 0.0340. The zero-order chi connectivity index (χ0) is 27.3. The number of carbonyl (C=O) groups is 2. The highest BCUT2D eigenvalue weighted by Crippen LogP contribution is 2.39. The first-order valence-corrected chi connectivity index (χ1v) is 14.9. The molecule has 40 heavy (non-hydrogen) atoms. The number of hydrogen-bond donors (Lipinski definition) is 0. The molecule has 2 aliphatic rings. The van der Waals surface area contributed by atoms with Crippen molar-refractivity contribution >= 4 is 23.6 Å². The van der Waals surface area contributed by atoms with E-state index in [9.17, 15) is 9.59 Å². The smallest absolute Gasteiger partial charge is 0.253 e. The summed E-state index contributed by atoms with van der Waals surface area (Å²) >= 11 is 1.65. The van der Waals surface area contributed by atoms with E-state index in [4.69, 9.17) is 0 Å². The molecule has 0 spiro atoms. The van der Waals surface area contributed by atoms with Crippen molar-refractivity contribution in [2.45, 2.75) is 18.0 Å². The Morgan fingerprint density at radius 2 is 1.27 bits per heavy atom. The Kier molecular flexibility index (Phi) is 7.98. The maximum Gasteiger partial charge on any atom is 0.253 e. The van der Waals surface area contributed by atoms with Gasteiger partial charge in [0.15, 0.2) is 0 Å². The lowest BCUT2D eigenvalue weighted by atomic mass is 9.96. The monoisotopic (exact) mass is 547 g/mol. The second kappa shape index (κ2) is 12.1. The Morgan fingerprint density at radius 1 is 0.725 bits per heavy atom. The number of rotatable bonds is 7. The Balaban J connectivity index is 1.11. The molecule has 2 aliphatic heterocycles. The van der Waals surface area contributed by atoms with Gasteiger partial charge in [-0.3, -0.25) is 14.5 Å². The van der Waals surface area contributed by atoms with Gasteiger partial charge in [0.2, 0.25) is 5.91 Å². The van der Waals surface area contributed by atoms with Crippen LogP contribution in [0.5, 0.6) is 0 Å². The van der Waals surface area contributed by atoms with Gasteiger partial charge in [0.05, 0.1) is 11.8 Å². The number of hydrogen-bond acceptors (Lipinski definition) is 4. The van der Waals surface area contributed by atoms with Gasteiger partial charge in [-0.1, -0.05) is 103 Å². The Bertz CT molecular complexity index is 1380. The van der Waals surface area contributed by atoms with Gasteiger partial charge in [0, 0.05) is 38.3 Å². The number of thioether (sulfide) groups is 1. The van der Waals surface area contributed by atoms with E-state index in [0.717, 1.165) is 24.2 Å². The summed E-state index contributed by atoms with van der Waals surface area (Å²) in [6.07, 6.45) is 0. The average Bonchev–Trinajstić information content (AvgIpc) is 3.38. The molecule has 0 saturated carbocycles. The summed E-state index contributed by atoms with van der Waals surface area (Å²) < 4.78 is 0. The first kappa shape index (κ1) is 26.4. The number of nitrogens with zero attached hydrogens (tertiary/aromatic N) is 3. The maximum absolute atomic E-state index is 13.4. The predicted octanol–water partition coefficient (Wildman–Crippen LogP) is 6.01. The zero-order valence-electron chi connectivity index (χ0n) is 22.4. The summed E-state index contributed by atoms with van der Waals surface area (Å²) in [5, 5.41) is -0.0340. The van der Waals surface area contributed by atoms with Crippen LogP contribution >= 0.6 is 11.8 Å². The zero-order valence-corrected chi connectivity index (χ0v) is 23.2. The van der Waals surface area contributed by atoms with Crippen LogP contribution in [0.3, 0.4) is 0 Å². The third kappa shape index (κ3) is 5.69. The van der Waals surface area contributed by atoms with E-state index < -0.39 is 0 Å². The fourth-order valence-electron chi connectivity index (χ4n) is 5.72. The molecule has 2 amide bonds. The number of amides is 2. The quantitative estimate of drug-likeness (QED) is 0.284. The van der Waals surface area contributed by atoms with Crippen molar-refractivity contribution in [3.8, 4) is 0 Å². The summed E-state index contributed by atoms with van der Waals surface area (Å²) in [4.78, 5) is 32.5. The third-order valence-electron chi connectivity index (χ3n) is 7.80. The van der Waals surface area contributed by atoms with Gasteiger partial charge < -0.3 is 9.80 Å². The Labute approximate surface area is 240 Å². The first-order valence-electron chi connectivity index (χ1n) is 13.9. The van der Waals surface area contributed by atoms with Crippen LogP contribution in [0, 0.1) is 0 Å². The largest absolute Gasteiger partial charge is 0.336 e. The van der Waals surface area contributed by atoms with Crippen LogP contribution in [0.4, 0.5) is 0 Å². The summed E-state index contributed by atoms with van der Waals surface area (Å²) in [6.45, 7) is 3.60. The van der Waals surface area contributed by atoms with E-state index >= 15 is 0 Å². The summed E-state index contributed by atoms with van der Waals surface area (Å²) in [5.41, 5.74) is 5.42. The van der Waals surface area contributed by atoms with Gasteiger partial charge in [-0.25, -0.2) is 0 Å². The topological polar surface area (TPSA) is 43.9 Å². The van der Waals surface area contributed by atoms with E-state index in [1.54, 1.807) is 11.8 Å². The van der Waals surface area contributed by atoms with E-state index in [2.05, 4.69) is 77.7 Å². The fourth-order valence-corrected chi connectivity index (χ4v) is 6.91. The molecule has 0 aromatic heterocycles. The highest BCUT2D eigenvalue weighted by molar-refractivity contribution is 8.00. The second-order valence-corrected chi connectivity index (χ2v) is 11.4. The number of piperazine rings is 1. The molecule has 0 radical (unpaired) electrons. The van der Waals surface area contributed by atoms with Crippen molar-refractivity contribution < 1.29 is 9.59 Å². The van der Waals surface area contributed by atoms with Crippen molar-refractivity contribution in [2.75, 3.05) is 31.9 Å².